The molecule has 1 aromatic heterocycles. The van der Waals surface area contributed by atoms with Crippen molar-refractivity contribution in [1.82, 2.24) is 10.2 Å². The molecule has 1 N–H and O–H groups in total. The Balaban J connectivity index is 1.78. The van der Waals surface area contributed by atoms with E-state index < -0.39 is 0 Å². The number of hydrogen-bond acceptors (Lipinski definition) is 4. The molecular formula is C19H21N3O. The topological polar surface area (TPSA) is 51.0 Å². The fourth-order valence-corrected chi connectivity index (χ4v) is 2.45. The van der Waals surface area contributed by atoms with Crippen molar-refractivity contribution >= 4 is 5.69 Å². The second kappa shape index (κ2) is 6.24. The summed E-state index contributed by atoms with van der Waals surface area (Å²) in [4.78, 5) is 0. The molecule has 0 saturated carbocycles. The van der Waals surface area contributed by atoms with Gasteiger partial charge in [-0.05, 0) is 63.1 Å². The van der Waals surface area contributed by atoms with Gasteiger partial charge in [-0.1, -0.05) is 23.8 Å². The average Bonchev–Trinajstić information content (AvgIpc) is 3.01. The predicted molar refractivity (Wildman–Crippen MR) is 92.4 cm³/mol. The maximum Gasteiger partial charge on any atom is 0.247 e. The number of nitrogens with zero attached hydrogens (tertiary/aromatic N) is 2. The molecule has 3 aromatic rings. The number of anilines is 1. The van der Waals surface area contributed by atoms with E-state index in [4.69, 9.17) is 4.42 Å². The summed E-state index contributed by atoms with van der Waals surface area (Å²) in [6, 6.07) is 14.3. The van der Waals surface area contributed by atoms with Crippen LogP contribution in [0.2, 0.25) is 0 Å². The van der Waals surface area contributed by atoms with Gasteiger partial charge < -0.3 is 9.73 Å². The van der Waals surface area contributed by atoms with Gasteiger partial charge in [0.15, 0.2) is 0 Å². The largest absolute Gasteiger partial charge is 0.418 e. The third kappa shape index (κ3) is 3.42. The Hall–Kier alpha value is -2.62. The Bertz CT molecular complexity index is 823. The Morgan fingerprint density at radius 3 is 2.52 bits per heavy atom. The Morgan fingerprint density at radius 1 is 0.957 bits per heavy atom. The van der Waals surface area contributed by atoms with Gasteiger partial charge in [-0.3, -0.25) is 0 Å². The molecule has 0 aliphatic carbocycles. The van der Waals surface area contributed by atoms with Crippen LogP contribution in [-0.4, -0.2) is 10.2 Å². The predicted octanol–water partition coefficient (Wildman–Crippen LogP) is 4.83. The third-order valence-corrected chi connectivity index (χ3v) is 3.97. The van der Waals surface area contributed by atoms with Crippen molar-refractivity contribution in [2.24, 2.45) is 0 Å². The van der Waals surface area contributed by atoms with E-state index in [1.54, 1.807) is 0 Å². The van der Waals surface area contributed by atoms with Gasteiger partial charge in [0.05, 0.1) is 0 Å². The Kier molecular flexibility index (Phi) is 4.15. The fourth-order valence-electron chi connectivity index (χ4n) is 2.45. The molecule has 0 unspecified atom stereocenters. The molecule has 118 valence electrons. The van der Waals surface area contributed by atoms with E-state index >= 15 is 0 Å². The number of rotatable bonds is 4. The molecule has 0 spiro atoms. The van der Waals surface area contributed by atoms with Gasteiger partial charge in [0, 0.05) is 11.3 Å². The van der Waals surface area contributed by atoms with E-state index in [9.17, 15) is 0 Å². The Morgan fingerprint density at radius 2 is 1.78 bits per heavy atom. The molecule has 2 aromatic carbocycles. The highest BCUT2D eigenvalue weighted by molar-refractivity contribution is 5.54. The summed E-state index contributed by atoms with van der Waals surface area (Å²) in [5.74, 6) is 1.14. The zero-order chi connectivity index (χ0) is 16.4. The molecule has 0 bridgehead atoms. The first kappa shape index (κ1) is 15.3. The SMILES string of the molecule is Cc1cccc(-c2nnc([C@@H](C)Nc3ccc(C)c(C)c3)o2)c1. The van der Waals surface area contributed by atoms with Gasteiger partial charge in [0.25, 0.3) is 0 Å². The minimum Gasteiger partial charge on any atom is -0.418 e. The molecule has 0 radical (unpaired) electrons. The highest BCUT2D eigenvalue weighted by Gasteiger charge is 2.15. The van der Waals surface area contributed by atoms with Crippen molar-refractivity contribution in [3.8, 4) is 11.5 Å². The lowest BCUT2D eigenvalue weighted by Crippen LogP contribution is -2.07. The molecule has 0 amide bonds. The number of aryl methyl sites for hydroxylation is 3. The third-order valence-electron chi connectivity index (χ3n) is 3.97. The standard InChI is InChI=1S/C19H21N3O/c1-12-6-5-7-16(10-12)19-22-21-18(23-19)15(4)20-17-9-8-13(2)14(3)11-17/h5-11,15,20H,1-4H3/t15-/m1/s1. The van der Waals surface area contributed by atoms with E-state index in [1.807, 2.05) is 38.1 Å². The highest BCUT2D eigenvalue weighted by Crippen LogP contribution is 2.24. The number of nitrogens with one attached hydrogen (secondary N) is 1. The minimum absolute atomic E-state index is 0.0526. The lowest BCUT2D eigenvalue weighted by Gasteiger charge is -2.12. The quantitative estimate of drug-likeness (QED) is 0.749. The van der Waals surface area contributed by atoms with Crippen LogP contribution in [0.4, 0.5) is 5.69 Å². The summed E-state index contributed by atoms with van der Waals surface area (Å²) < 4.78 is 5.83. The maximum atomic E-state index is 5.83. The van der Waals surface area contributed by atoms with Crippen LogP contribution in [0.25, 0.3) is 11.5 Å². The van der Waals surface area contributed by atoms with Crippen LogP contribution in [0.15, 0.2) is 46.9 Å². The number of benzene rings is 2. The van der Waals surface area contributed by atoms with E-state index in [0.29, 0.717) is 11.8 Å². The van der Waals surface area contributed by atoms with Crippen molar-refractivity contribution in [3.05, 3.63) is 65.0 Å². The van der Waals surface area contributed by atoms with Crippen LogP contribution in [0, 0.1) is 20.8 Å². The molecule has 4 nitrogen and oxygen atoms in total. The van der Waals surface area contributed by atoms with Crippen LogP contribution in [-0.2, 0) is 0 Å². The van der Waals surface area contributed by atoms with E-state index in [0.717, 1.165) is 11.3 Å². The van der Waals surface area contributed by atoms with Crippen LogP contribution >= 0.6 is 0 Å². The molecule has 0 fully saturated rings. The molecule has 23 heavy (non-hydrogen) atoms. The summed E-state index contributed by atoms with van der Waals surface area (Å²) >= 11 is 0. The first-order chi connectivity index (χ1) is 11.0. The van der Waals surface area contributed by atoms with Crippen LogP contribution < -0.4 is 5.32 Å². The zero-order valence-electron chi connectivity index (χ0n) is 13.9. The van der Waals surface area contributed by atoms with Crippen molar-refractivity contribution in [1.29, 1.82) is 0 Å². The smallest absolute Gasteiger partial charge is 0.247 e. The molecule has 1 atom stereocenters. The molecular weight excluding hydrogens is 286 g/mol. The van der Waals surface area contributed by atoms with Crippen LogP contribution in [0.3, 0.4) is 0 Å². The molecule has 0 aliphatic rings. The van der Waals surface area contributed by atoms with Gasteiger partial charge in [0.1, 0.15) is 6.04 Å². The van der Waals surface area contributed by atoms with E-state index in [-0.39, 0.29) is 6.04 Å². The summed E-state index contributed by atoms with van der Waals surface area (Å²) in [6.07, 6.45) is 0. The van der Waals surface area contributed by atoms with Gasteiger partial charge >= 0.3 is 0 Å². The second-order valence-electron chi connectivity index (χ2n) is 5.98. The fraction of sp³-hybridized carbons (Fsp3) is 0.263. The first-order valence-electron chi connectivity index (χ1n) is 7.77. The summed E-state index contributed by atoms with van der Waals surface area (Å²) in [6.45, 7) is 8.27. The van der Waals surface area contributed by atoms with Crippen molar-refractivity contribution < 1.29 is 4.42 Å². The maximum absolute atomic E-state index is 5.83. The van der Waals surface area contributed by atoms with E-state index in [1.165, 1.54) is 16.7 Å². The molecule has 0 saturated heterocycles. The monoisotopic (exact) mass is 307 g/mol. The number of hydrogen-bond donors (Lipinski definition) is 1. The number of aromatic nitrogens is 2. The van der Waals surface area contributed by atoms with Crippen molar-refractivity contribution in [3.63, 3.8) is 0 Å². The molecule has 4 heteroatoms. The zero-order valence-corrected chi connectivity index (χ0v) is 13.9. The average molecular weight is 307 g/mol. The molecule has 3 rings (SSSR count). The highest BCUT2D eigenvalue weighted by atomic mass is 16.4. The summed E-state index contributed by atoms with van der Waals surface area (Å²) in [7, 11) is 0. The van der Waals surface area contributed by atoms with Crippen LogP contribution in [0.1, 0.15) is 35.5 Å². The lowest BCUT2D eigenvalue weighted by molar-refractivity contribution is 0.485. The first-order valence-corrected chi connectivity index (χ1v) is 7.77. The summed E-state index contributed by atoms with van der Waals surface area (Å²) in [5, 5.41) is 11.8. The van der Waals surface area contributed by atoms with Crippen LogP contribution in [0.5, 0.6) is 0 Å². The normalized spacial score (nSPS) is 12.2. The van der Waals surface area contributed by atoms with Gasteiger partial charge in [-0.2, -0.15) is 0 Å². The van der Waals surface area contributed by atoms with Crippen molar-refractivity contribution in [2.75, 3.05) is 5.32 Å². The lowest BCUT2D eigenvalue weighted by atomic mass is 10.1. The summed E-state index contributed by atoms with van der Waals surface area (Å²) in [5.41, 5.74) is 5.71. The molecule has 1 heterocycles. The molecule has 0 aliphatic heterocycles. The Labute approximate surface area is 136 Å². The van der Waals surface area contributed by atoms with Crippen molar-refractivity contribution in [2.45, 2.75) is 33.7 Å². The minimum atomic E-state index is -0.0526. The van der Waals surface area contributed by atoms with Gasteiger partial charge in [-0.15, -0.1) is 10.2 Å². The second-order valence-corrected chi connectivity index (χ2v) is 5.98. The van der Waals surface area contributed by atoms with Gasteiger partial charge in [-0.25, -0.2) is 0 Å². The van der Waals surface area contributed by atoms with E-state index in [2.05, 4.69) is 47.6 Å². The van der Waals surface area contributed by atoms with Gasteiger partial charge in [0.2, 0.25) is 11.8 Å².